The molecular weight excluding hydrogens is 499 g/mol. The Balaban J connectivity index is 0.00000320. The molecule has 3 rings (SSSR count). The molecule has 1 saturated heterocycles. The molecule has 9 heteroatoms. The molecule has 1 aromatic rings. The summed E-state index contributed by atoms with van der Waals surface area (Å²) < 4.78 is 16.0. The van der Waals surface area contributed by atoms with Gasteiger partial charge in [0.2, 0.25) is 0 Å². The molecule has 1 aromatic heterocycles. The summed E-state index contributed by atoms with van der Waals surface area (Å²) in [6.07, 6.45) is 6.27. The highest BCUT2D eigenvalue weighted by Gasteiger charge is 2.38. The Bertz CT molecular complexity index is 710. The molecule has 0 radical (unpaired) electrons. The topological polar surface area (TPSA) is 88.3 Å². The van der Waals surface area contributed by atoms with Gasteiger partial charge < -0.3 is 24.5 Å². The van der Waals surface area contributed by atoms with Crippen LogP contribution in [0, 0.1) is 6.92 Å². The van der Waals surface area contributed by atoms with Crippen LogP contribution in [0.3, 0.4) is 0 Å². The molecule has 0 aromatic carbocycles. The second-order valence-electron chi connectivity index (χ2n) is 7.84. The van der Waals surface area contributed by atoms with E-state index in [1.165, 1.54) is 39.2 Å². The van der Waals surface area contributed by atoms with E-state index >= 15 is 0 Å². The van der Waals surface area contributed by atoms with Gasteiger partial charge in [-0.05, 0) is 25.8 Å². The van der Waals surface area contributed by atoms with E-state index in [0.717, 1.165) is 38.8 Å². The third-order valence-corrected chi connectivity index (χ3v) is 6.08. The molecule has 2 aliphatic rings. The molecule has 170 valence electrons. The molecule has 0 unspecified atom stereocenters. The third-order valence-electron chi connectivity index (χ3n) is 6.08. The van der Waals surface area contributed by atoms with Crippen molar-refractivity contribution in [3.8, 4) is 0 Å². The zero-order valence-corrected chi connectivity index (χ0v) is 20.6. The van der Waals surface area contributed by atoms with Crippen LogP contribution in [-0.4, -0.2) is 69.4 Å². The van der Waals surface area contributed by atoms with Crippen molar-refractivity contribution in [1.29, 1.82) is 0 Å². The lowest BCUT2D eigenvalue weighted by molar-refractivity contribution is -0.0352. The van der Waals surface area contributed by atoms with Crippen molar-refractivity contribution in [2.75, 3.05) is 47.0 Å². The van der Waals surface area contributed by atoms with Crippen molar-refractivity contribution in [1.82, 2.24) is 15.5 Å². The van der Waals surface area contributed by atoms with Crippen LogP contribution in [0.2, 0.25) is 0 Å². The number of carbonyl (C=O) groups is 1. The monoisotopic (exact) mass is 534 g/mol. The van der Waals surface area contributed by atoms with Crippen molar-refractivity contribution in [2.24, 2.45) is 4.99 Å². The van der Waals surface area contributed by atoms with Crippen LogP contribution in [0.5, 0.6) is 0 Å². The summed E-state index contributed by atoms with van der Waals surface area (Å²) in [5, 5.41) is 6.82. The lowest BCUT2D eigenvalue weighted by Gasteiger charge is -2.48. The number of ether oxygens (including phenoxy) is 2. The van der Waals surface area contributed by atoms with Gasteiger partial charge in [-0.15, -0.1) is 24.0 Å². The number of nitrogens with zero attached hydrogens (tertiary/aromatic N) is 2. The number of aliphatic imine (C=N–C) groups is 1. The first-order chi connectivity index (χ1) is 14.1. The number of nitrogens with one attached hydrogen (secondary N) is 2. The summed E-state index contributed by atoms with van der Waals surface area (Å²) in [4.78, 5) is 18.7. The van der Waals surface area contributed by atoms with Crippen molar-refractivity contribution in [3.63, 3.8) is 0 Å². The van der Waals surface area contributed by atoms with Crippen molar-refractivity contribution in [2.45, 2.75) is 51.1 Å². The van der Waals surface area contributed by atoms with E-state index in [4.69, 9.17) is 13.9 Å². The van der Waals surface area contributed by atoms with Gasteiger partial charge in [0, 0.05) is 32.2 Å². The third kappa shape index (κ3) is 6.10. The molecule has 2 N–H and O–H groups in total. The average molecular weight is 534 g/mol. The summed E-state index contributed by atoms with van der Waals surface area (Å²) >= 11 is 0. The second-order valence-corrected chi connectivity index (χ2v) is 7.84. The fourth-order valence-electron chi connectivity index (χ4n) is 4.44. The van der Waals surface area contributed by atoms with Crippen molar-refractivity contribution >= 4 is 35.9 Å². The van der Waals surface area contributed by atoms with Crippen LogP contribution < -0.4 is 10.6 Å². The predicted molar refractivity (Wildman–Crippen MR) is 127 cm³/mol. The standard InChI is InChI=1S/C21H34N4O4.HI/c1-16-18(19(26)27-3)13-17(29-16)14-23-20(22-2)24-15-21(7-5-4-6-8-21)25-9-11-28-12-10-25;/h13H,4-12,14-15H2,1-3H3,(H2,22,23,24);1H. The Kier molecular flexibility index (Phi) is 9.89. The molecule has 1 aliphatic carbocycles. The average Bonchev–Trinajstić information content (AvgIpc) is 3.15. The Labute approximate surface area is 196 Å². The summed E-state index contributed by atoms with van der Waals surface area (Å²) in [6, 6.07) is 1.72. The first kappa shape index (κ1) is 24.9. The number of esters is 1. The van der Waals surface area contributed by atoms with Gasteiger partial charge in [0.1, 0.15) is 17.1 Å². The highest BCUT2D eigenvalue weighted by atomic mass is 127. The molecule has 8 nitrogen and oxygen atoms in total. The number of hydrogen-bond donors (Lipinski definition) is 2. The summed E-state index contributed by atoms with van der Waals surface area (Å²) in [7, 11) is 3.14. The van der Waals surface area contributed by atoms with Crippen LogP contribution in [-0.2, 0) is 16.0 Å². The van der Waals surface area contributed by atoms with Gasteiger partial charge in [0.05, 0.1) is 26.9 Å². The molecule has 0 spiro atoms. The van der Waals surface area contributed by atoms with E-state index in [1.807, 2.05) is 0 Å². The fourth-order valence-corrected chi connectivity index (χ4v) is 4.44. The van der Waals surface area contributed by atoms with Crippen molar-refractivity contribution < 1.29 is 18.7 Å². The maximum atomic E-state index is 11.8. The van der Waals surface area contributed by atoms with E-state index in [0.29, 0.717) is 23.6 Å². The largest absolute Gasteiger partial charge is 0.465 e. The number of aryl methyl sites for hydroxylation is 1. The normalized spacial score (nSPS) is 19.6. The maximum Gasteiger partial charge on any atom is 0.341 e. The molecule has 1 saturated carbocycles. The van der Waals surface area contributed by atoms with Crippen LogP contribution >= 0.6 is 24.0 Å². The zero-order valence-electron chi connectivity index (χ0n) is 18.3. The smallest absolute Gasteiger partial charge is 0.341 e. The van der Waals surface area contributed by atoms with E-state index in [-0.39, 0.29) is 35.5 Å². The van der Waals surface area contributed by atoms with E-state index < -0.39 is 0 Å². The molecule has 0 amide bonds. The second kappa shape index (κ2) is 11.9. The van der Waals surface area contributed by atoms with E-state index in [1.54, 1.807) is 20.0 Å². The summed E-state index contributed by atoms with van der Waals surface area (Å²) in [6.45, 7) is 6.69. The Morgan fingerprint density at radius 2 is 1.93 bits per heavy atom. The van der Waals surface area contributed by atoms with Gasteiger partial charge in [-0.25, -0.2) is 4.79 Å². The highest BCUT2D eigenvalue weighted by Crippen LogP contribution is 2.33. The number of hydrogen-bond acceptors (Lipinski definition) is 6. The Morgan fingerprint density at radius 3 is 2.57 bits per heavy atom. The number of carbonyl (C=O) groups excluding carboxylic acids is 1. The summed E-state index contributed by atoms with van der Waals surface area (Å²) in [5.41, 5.74) is 0.625. The Morgan fingerprint density at radius 1 is 1.23 bits per heavy atom. The lowest BCUT2D eigenvalue weighted by atomic mass is 9.80. The molecular formula is C21H35IN4O4. The minimum atomic E-state index is -0.384. The number of methoxy groups -OCH3 is 1. The number of morpholine rings is 1. The zero-order chi connectivity index (χ0) is 20.7. The van der Waals surface area contributed by atoms with Gasteiger partial charge in [-0.3, -0.25) is 9.89 Å². The number of furan rings is 1. The van der Waals surface area contributed by atoms with Crippen LogP contribution in [0.25, 0.3) is 0 Å². The maximum absolute atomic E-state index is 11.8. The molecule has 1 aliphatic heterocycles. The van der Waals surface area contributed by atoms with E-state index in [2.05, 4.69) is 20.5 Å². The van der Waals surface area contributed by atoms with E-state index in [9.17, 15) is 4.79 Å². The molecule has 30 heavy (non-hydrogen) atoms. The van der Waals surface area contributed by atoms with Gasteiger partial charge in [0.15, 0.2) is 5.96 Å². The van der Waals surface area contributed by atoms with Gasteiger partial charge in [0.25, 0.3) is 0 Å². The first-order valence-electron chi connectivity index (χ1n) is 10.5. The molecule has 0 atom stereocenters. The predicted octanol–water partition coefficient (Wildman–Crippen LogP) is 2.69. The number of halogens is 1. The van der Waals surface area contributed by atoms with Crippen LogP contribution in [0.15, 0.2) is 15.5 Å². The molecule has 2 heterocycles. The Hall–Kier alpha value is -1.33. The minimum absolute atomic E-state index is 0. The first-order valence-corrected chi connectivity index (χ1v) is 10.5. The van der Waals surface area contributed by atoms with Crippen molar-refractivity contribution in [3.05, 3.63) is 23.2 Å². The minimum Gasteiger partial charge on any atom is -0.465 e. The molecule has 2 fully saturated rings. The highest BCUT2D eigenvalue weighted by molar-refractivity contribution is 14.0. The number of guanidine groups is 1. The van der Waals surface area contributed by atoms with Crippen LogP contribution in [0.4, 0.5) is 0 Å². The van der Waals surface area contributed by atoms with Gasteiger partial charge in [-0.2, -0.15) is 0 Å². The van der Waals surface area contributed by atoms with Crippen LogP contribution in [0.1, 0.15) is 54.0 Å². The van der Waals surface area contributed by atoms with Gasteiger partial charge >= 0.3 is 5.97 Å². The fraction of sp³-hybridized carbons (Fsp3) is 0.714. The summed E-state index contributed by atoms with van der Waals surface area (Å²) in [5.74, 6) is 1.58. The quantitative estimate of drug-likeness (QED) is 0.251. The van der Waals surface area contributed by atoms with Gasteiger partial charge in [-0.1, -0.05) is 19.3 Å². The lowest BCUT2D eigenvalue weighted by Crippen LogP contribution is -2.60. The SMILES string of the molecule is CN=C(NCc1cc(C(=O)OC)c(C)o1)NCC1(N2CCOCC2)CCCCC1.I. The molecule has 0 bridgehead atoms. The number of rotatable bonds is 6.